The Morgan fingerprint density at radius 1 is 1.13 bits per heavy atom. The molecule has 2 aromatic heterocycles. The van der Waals surface area contributed by atoms with Crippen molar-refractivity contribution in [2.24, 2.45) is 0 Å². The van der Waals surface area contributed by atoms with Gasteiger partial charge >= 0.3 is 6.03 Å². The predicted molar refractivity (Wildman–Crippen MR) is 120 cm³/mol. The van der Waals surface area contributed by atoms with Crippen LogP contribution in [0.5, 0.6) is 0 Å². The molecule has 1 fully saturated rings. The van der Waals surface area contributed by atoms with Crippen molar-refractivity contribution < 1.29 is 9.53 Å². The molecule has 0 spiro atoms. The van der Waals surface area contributed by atoms with Crippen molar-refractivity contribution in [2.45, 2.75) is 13.8 Å². The number of imidazole rings is 1. The SMILES string of the molecule is Cc1nc2c(NC(=O)N3CCOCC3)cc(Nc3ncc4cccc(C)c4n3)cc2[nH]1. The van der Waals surface area contributed by atoms with Crippen LogP contribution in [0.15, 0.2) is 36.5 Å². The highest BCUT2D eigenvalue weighted by atomic mass is 16.5. The molecule has 4 aromatic rings. The number of nitrogens with zero attached hydrogens (tertiary/aromatic N) is 4. The monoisotopic (exact) mass is 417 g/mol. The lowest BCUT2D eigenvalue weighted by atomic mass is 10.1. The zero-order chi connectivity index (χ0) is 21.4. The first-order valence-corrected chi connectivity index (χ1v) is 10.2. The summed E-state index contributed by atoms with van der Waals surface area (Å²) in [6, 6.07) is 9.63. The van der Waals surface area contributed by atoms with Gasteiger partial charge in [-0.1, -0.05) is 18.2 Å². The number of amides is 2. The van der Waals surface area contributed by atoms with E-state index in [0.29, 0.717) is 43.5 Å². The van der Waals surface area contributed by atoms with Crippen LogP contribution in [-0.2, 0) is 4.74 Å². The molecular formula is C22H23N7O2. The second kappa shape index (κ2) is 7.84. The van der Waals surface area contributed by atoms with E-state index in [2.05, 4.69) is 30.6 Å². The number of ether oxygens (including phenoxy) is 1. The number of nitrogens with one attached hydrogen (secondary N) is 3. The van der Waals surface area contributed by atoms with Crippen LogP contribution >= 0.6 is 0 Å². The number of carbonyl (C=O) groups is 1. The Morgan fingerprint density at radius 2 is 1.97 bits per heavy atom. The first-order valence-electron chi connectivity index (χ1n) is 10.2. The van der Waals surface area contributed by atoms with E-state index in [1.807, 2.05) is 44.2 Å². The lowest BCUT2D eigenvalue weighted by molar-refractivity contribution is 0.0565. The average Bonchev–Trinajstić information content (AvgIpc) is 3.15. The maximum Gasteiger partial charge on any atom is 0.322 e. The van der Waals surface area contributed by atoms with Crippen LogP contribution in [0, 0.1) is 13.8 Å². The molecule has 0 aliphatic carbocycles. The van der Waals surface area contributed by atoms with E-state index in [0.717, 1.165) is 33.5 Å². The molecule has 0 saturated carbocycles. The molecule has 0 radical (unpaired) electrons. The molecule has 158 valence electrons. The summed E-state index contributed by atoms with van der Waals surface area (Å²) in [5, 5.41) is 7.25. The lowest BCUT2D eigenvalue weighted by Crippen LogP contribution is -2.43. The van der Waals surface area contributed by atoms with Crippen LogP contribution < -0.4 is 10.6 Å². The molecule has 31 heavy (non-hydrogen) atoms. The molecule has 9 nitrogen and oxygen atoms in total. The van der Waals surface area contributed by atoms with Crippen molar-refractivity contribution in [1.29, 1.82) is 0 Å². The van der Waals surface area contributed by atoms with Crippen LogP contribution in [0.1, 0.15) is 11.4 Å². The van der Waals surface area contributed by atoms with Crippen molar-refractivity contribution in [1.82, 2.24) is 24.8 Å². The van der Waals surface area contributed by atoms with E-state index < -0.39 is 0 Å². The summed E-state index contributed by atoms with van der Waals surface area (Å²) in [5.74, 6) is 1.26. The zero-order valence-corrected chi connectivity index (χ0v) is 17.4. The summed E-state index contributed by atoms with van der Waals surface area (Å²) in [5.41, 5.74) is 4.89. The van der Waals surface area contributed by atoms with Crippen molar-refractivity contribution in [3.8, 4) is 0 Å². The van der Waals surface area contributed by atoms with Gasteiger partial charge in [-0.05, 0) is 31.5 Å². The van der Waals surface area contributed by atoms with Crippen LogP contribution in [0.25, 0.3) is 21.9 Å². The van der Waals surface area contributed by atoms with E-state index in [9.17, 15) is 4.79 Å². The number of rotatable bonds is 3. The zero-order valence-electron chi connectivity index (χ0n) is 17.4. The van der Waals surface area contributed by atoms with E-state index in [4.69, 9.17) is 4.74 Å². The number of aryl methyl sites for hydroxylation is 2. The summed E-state index contributed by atoms with van der Waals surface area (Å²) in [6.07, 6.45) is 1.80. The third-order valence-corrected chi connectivity index (χ3v) is 5.31. The fraction of sp³-hybridized carbons (Fsp3) is 0.273. The van der Waals surface area contributed by atoms with Gasteiger partial charge in [0.05, 0.1) is 29.9 Å². The van der Waals surface area contributed by atoms with Gasteiger partial charge < -0.3 is 25.3 Å². The van der Waals surface area contributed by atoms with Gasteiger partial charge in [0, 0.05) is 30.4 Å². The first kappa shape index (κ1) is 19.3. The molecule has 2 amide bonds. The Hall–Kier alpha value is -3.72. The second-order valence-corrected chi connectivity index (χ2v) is 7.60. The third kappa shape index (κ3) is 3.87. The van der Waals surface area contributed by atoms with E-state index in [-0.39, 0.29) is 6.03 Å². The minimum atomic E-state index is -0.167. The molecule has 0 bridgehead atoms. The lowest BCUT2D eigenvalue weighted by Gasteiger charge is -2.27. The molecule has 1 saturated heterocycles. The highest BCUT2D eigenvalue weighted by molar-refractivity contribution is 6.01. The van der Waals surface area contributed by atoms with Gasteiger partial charge in [-0.25, -0.2) is 19.7 Å². The van der Waals surface area contributed by atoms with Gasteiger partial charge in [0.15, 0.2) is 0 Å². The standard InChI is InChI=1S/C22H23N7O2/c1-13-4-3-5-15-12-23-21(28-19(13)15)26-16-10-17-20(25-14(2)24-17)18(11-16)27-22(30)29-6-8-31-9-7-29/h3-5,10-12H,6-9H2,1-2H3,(H,24,25)(H,27,30)(H,23,26,28). The molecular weight excluding hydrogens is 394 g/mol. The smallest absolute Gasteiger partial charge is 0.322 e. The Labute approximate surface area is 178 Å². The van der Waals surface area contributed by atoms with Crippen molar-refractivity contribution >= 4 is 45.3 Å². The molecule has 2 aromatic carbocycles. The predicted octanol–water partition coefficient (Wildman–Crippen LogP) is 3.73. The number of benzene rings is 2. The molecule has 5 rings (SSSR count). The Kier molecular flexibility index (Phi) is 4.87. The van der Waals surface area contributed by atoms with Gasteiger partial charge in [-0.15, -0.1) is 0 Å². The Bertz CT molecular complexity index is 1280. The Morgan fingerprint density at radius 3 is 2.81 bits per heavy atom. The number of aromatic amines is 1. The molecule has 3 heterocycles. The van der Waals surface area contributed by atoms with Gasteiger partial charge in [-0.2, -0.15) is 0 Å². The number of hydrogen-bond acceptors (Lipinski definition) is 6. The summed E-state index contributed by atoms with van der Waals surface area (Å²) in [7, 11) is 0. The van der Waals surface area contributed by atoms with E-state index in [1.54, 1.807) is 11.1 Å². The molecule has 9 heteroatoms. The fourth-order valence-electron chi connectivity index (χ4n) is 3.76. The van der Waals surface area contributed by atoms with Crippen LogP contribution in [0.4, 0.5) is 22.1 Å². The number of morpholine rings is 1. The highest BCUT2D eigenvalue weighted by Gasteiger charge is 2.19. The topological polar surface area (TPSA) is 108 Å². The van der Waals surface area contributed by atoms with E-state index >= 15 is 0 Å². The number of hydrogen-bond donors (Lipinski definition) is 3. The number of anilines is 3. The summed E-state index contributed by atoms with van der Waals surface area (Å²) < 4.78 is 5.34. The van der Waals surface area contributed by atoms with Crippen LogP contribution in [-0.4, -0.2) is 57.2 Å². The summed E-state index contributed by atoms with van der Waals surface area (Å²) in [4.78, 5) is 31.4. The maximum atomic E-state index is 12.7. The van der Waals surface area contributed by atoms with Crippen molar-refractivity contribution in [2.75, 3.05) is 36.9 Å². The van der Waals surface area contributed by atoms with Gasteiger partial charge in [0.2, 0.25) is 5.95 Å². The van der Waals surface area contributed by atoms with Crippen molar-refractivity contribution in [3.05, 3.63) is 47.9 Å². The number of carbonyl (C=O) groups excluding carboxylic acids is 1. The van der Waals surface area contributed by atoms with E-state index in [1.165, 1.54) is 0 Å². The number of aromatic nitrogens is 4. The van der Waals surface area contributed by atoms with Crippen LogP contribution in [0.2, 0.25) is 0 Å². The first-order chi connectivity index (χ1) is 15.1. The summed E-state index contributed by atoms with van der Waals surface area (Å²) >= 11 is 0. The number of urea groups is 1. The molecule has 0 unspecified atom stereocenters. The van der Waals surface area contributed by atoms with Crippen molar-refractivity contribution in [3.63, 3.8) is 0 Å². The van der Waals surface area contributed by atoms with Crippen LogP contribution in [0.3, 0.4) is 0 Å². The molecule has 1 aliphatic rings. The second-order valence-electron chi connectivity index (χ2n) is 7.60. The minimum Gasteiger partial charge on any atom is -0.378 e. The Balaban J connectivity index is 1.48. The molecule has 1 aliphatic heterocycles. The fourth-order valence-corrected chi connectivity index (χ4v) is 3.76. The number of H-pyrrole nitrogens is 1. The van der Waals surface area contributed by atoms with Gasteiger partial charge in [-0.3, -0.25) is 0 Å². The summed E-state index contributed by atoms with van der Waals surface area (Å²) in [6.45, 7) is 6.14. The van der Waals surface area contributed by atoms with Gasteiger partial charge in [0.25, 0.3) is 0 Å². The average molecular weight is 417 g/mol. The maximum absolute atomic E-state index is 12.7. The number of fused-ring (bicyclic) bond motifs is 2. The normalized spacial score (nSPS) is 14.2. The highest BCUT2D eigenvalue weighted by Crippen LogP contribution is 2.29. The van der Waals surface area contributed by atoms with Gasteiger partial charge in [0.1, 0.15) is 11.3 Å². The number of para-hydroxylation sites is 1. The molecule has 0 atom stereocenters. The molecule has 3 N–H and O–H groups in total. The minimum absolute atomic E-state index is 0.167. The largest absolute Gasteiger partial charge is 0.378 e. The third-order valence-electron chi connectivity index (χ3n) is 5.31. The quantitative estimate of drug-likeness (QED) is 0.469.